The molecule has 0 amide bonds. The molecule has 9 nitrogen and oxygen atoms in total. The van der Waals surface area contributed by atoms with Gasteiger partial charge in [-0.25, -0.2) is 4.68 Å². The van der Waals surface area contributed by atoms with E-state index in [2.05, 4.69) is 20.6 Å². The molecule has 1 saturated heterocycles. The van der Waals surface area contributed by atoms with Gasteiger partial charge in [-0.3, -0.25) is 4.79 Å². The van der Waals surface area contributed by atoms with Gasteiger partial charge in [-0.15, -0.1) is 0 Å². The number of nitrogens with one attached hydrogen (secondary N) is 1. The van der Waals surface area contributed by atoms with Crippen LogP contribution in [0.2, 0.25) is 5.02 Å². The number of aromatic nitrogens is 4. The summed E-state index contributed by atoms with van der Waals surface area (Å²) in [5.41, 5.74) is -0.353. The molecule has 0 bridgehead atoms. The monoisotopic (exact) mass is 561 g/mol. The molecule has 204 valence electrons. The second-order valence-electron chi connectivity index (χ2n) is 9.03. The van der Waals surface area contributed by atoms with Gasteiger partial charge in [-0.2, -0.15) is 23.3 Å². The third-order valence-corrected chi connectivity index (χ3v) is 6.58. The van der Waals surface area contributed by atoms with Gasteiger partial charge in [0, 0.05) is 17.1 Å². The quantitative estimate of drug-likeness (QED) is 0.308. The zero-order valence-corrected chi connectivity index (χ0v) is 21.1. The average Bonchev–Trinajstić information content (AvgIpc) is 3.60. The highest BCUT2D eigenvalue weighted by atomic mass is 35.5. The van der Waals surface area contributed by atoms with Gasteiger partial charge in [-0.05, 0) is 49.2 Å². The predicted octanol–water partition coefficient (Wildman–Crippen LogP) is 4.84. The summed E-state index contributed by atoms with van der Waals surface area (Å²) >= 11 is 5.85. The third kappa shape index (κ3) is 5.97. The molecule has 0 aliphatic carbocycles. The summed E-state index contributed by atoms with van der Waals surface area (Å²) in [6.45, 7) is 1.23. The van der Waals surface area contributed by atoms with Crippen molar-refractivity contribution in [3.8, 4) is 28.5 Å². The number of halogens is 4. The Morgan fingerprint density at radius 3 is 2.62 bits per heavy atom. The molecular formula is C26H23ClF3N5O4. The number of hydrogen-bond donors (Lipinski definition) is 2. The topological polar surface area (TPSA) is 115 Å². The lowest BCUT2D eigenvalue weighted by molar-refractivity contribution is -0.152. The molecule has 2 N–H and O–H groups in total. The van der Waals surface area contributed by atoms with E-state index in [0.29, 0.717) is 22.7 Å². The Morgan fingerprint density at radius 2 is 1.95 bits per heavy atom. The Bertz CT molecular complexity index is 1430. The van der Waals surface area contributed by atoms with E-state index in [1.807, 2.05) is 0 Å². The maximum Gasteiger partial charge on any atom is 0.434 e. The fourth-order valence-electron chi connectivity index (χ4n) is 4.29. The van der Waals surface area contributed by atoms with E-state index in [-0.39, 0.29) is 41.5 Å². The van der Waals surface area contributed by atoms with Crippen LogP contribution in [0.5, 0.6) is 0 Å². The number of hydrogen-bond acceptors (Lipinski definition) is 8. The van der Waals surface area contributed by atoms with Gasteiger partial charge in [0.15, 0.2) is 5.69 Å². The fraction of sp³-hybridized carbons (Fsp3) is 0.308. The lowest BCUT2D eigenvalue weighted by Crippen LogP contribution is -2.35. The molecule has 0 spiro atoms. The number of aliphatic hydroxyl groups is 1. The van der Waals surface area contributed by atoms with E-state index in [0.717, 1.165) is 30.3 Å². The Hall–Kier alpha value is -3.74. The zero-order chi connectivity index (χ0) is 27.6. The molecule has 1 aliphatic heterocycles. The number of piperidine rings is 1. The number of benzene rings is 2. The van der Waals surface area contributed by atoms with Crippen LogP contribution in [0.25, 0.3) is 28.5 Å². The summed E-state index contributed by atoms with van der Waals surface area (Å²) in [7, 11) is 0. The van der Waals surface area contributed by atoms with Gasteiger partial charge in [-0.1, -0.05) is 41.0 Å². The molecule has 5 rings (SSSR count). The van der Waals surface area contributed by atoms with Crippen LogP contribution in [0.4, 0.5) is 13.2 Å². The van der Waals surface area contributed by atoms with Gasteiger partial charge in [0.1, 0.15) is 12.7 Å². The molecule has 3 heterocycles. The first-order valence-electron chi connectivity index (χ1n) is 12.1. The van der Waals surface area contributed by atoms with Gasteiger partial charge in [0.2, 0.25) is 5.82 Å². The molecule has 2 aromatic carbocycles. The Labute approximate surface area is 225 Å². The first-order chi connectivity index (χ1) is 18.7. The number of carbonyl (C=O) groups is 1. The van der Waals surface area contributed by atoms with Crippen LogP contribution in [-0.2, 0) is 15.7 Å². The summed E-state index contributed by atoms with van der Waals surface area (Å²) < 4.78 is 53.2. The highest BCUT2D eigenvalue weighted by Crippen LogP contribution is 2.38. The van der Waals surface area contributed by atoms with Crippen LogP contribution < -0.4 is 5.32 Å². The second-order valence-corrected chi connectivity index (χ2v) is 9.46. The largest absolute Gasteiger partial charge is 0.462 e. The molecular weight excluding hydrogens is 539 g/mol. The molecule has 1 unspecified atom stereocenters. The summed E-state index contributed by atoms with van der Waals surface area (Å²) in [6.07, 6.45) is -3.17. The molecule has 2 atom stereocenters. The molecule has 39 heavy (non-hydrogen) atoms. The number of alkyl halides is 3. The summed E-state index contributed by atoms with van der Waals surface area (Å²) in [5, 5.41) is 21.7. The van der Waals surface area contributed by atoms with Crippen molar-refractivity contribution in [3.63, 3.8) is 0 Å². The average molecular weight is 562 g/mol. The van der Waals surface area contributed by atoms with Crippen LogP contribution in [0, 0.1) is 5.92 Å². The van der Waals surface area contributed by atoms with E-state index >= 15 is 0 Å². The highest BCUT2D eigenvalue weighted by Gasteiger charge is 2.40. The van der Waals surface area contributed by atoms with Crippen molar-refractivity contribution >= 4 is 17.6 Å². The number of esters is 1. The van der Waals surface area contributed by atoms with Crippen molar-refractivity contribution in [2.75, 3.05) is 19.7 Å². The highest BCUT2D eigenvalue weighted by molar-refractivity contribution is 6.30. The van der Waals surface area contributed by atoms with E-state index in [1.54, 1.807) is 24.3 Å². The van der Waals surface area contributed by atoms with Crippen molar-refractivity contribution in [3.05, 3.63) is 71.0 Å². The predicted molar refractivity (Wildman–Crippen MR) is 134 cm³/mol. The van der Waals surface area contributed by atoms with E-state index in [1.165, 1.54) is 24.3 Å². The van der Waals surface area contributed by atoms with Gasteiger partial charge in [0.05, 0.1) is 23.4 Å². The van der Waals surface area contributed by atoms with Crippen molar-refractivity contribution in [2.24, 2.45) is 5.92 Å². The lowest BCUT2D eigenvalue weighted by Gasteiger charge is -2.22. The summed E-state index contributed by atoms with van der Waals surface area (Å²) in [5.74, 6) is -0.882. The maximum atomic E-state index is 14.0. The molecule has 13 heteroatoms. The molecule has 2 aromatic heterocycles. The smallest absolute Gasteiger partial charge is 0.434 e. The molecule has 1 fully saturated rings. The Morgan fingerprint density at radius 1 is 1.21 bits per heavy atom. The van der Waals surface area contributed by atoms with Crippen LogP contribution in [0.3, 0.4) is 0 Å². The van der Waals surface area contributed by atoms with Gasteiger partial charge in [0.25, 0.3) is 5.89 Å². The van der Waals surface area contributed by atoms with Crippen molar-refractivity contribution in [1.82, 2.24) is 25.2 Å². The van der Waals surface area contributed by atoms with Crippen molar-refractivity contribution in [1.29, 1.82) is 0 Å². The van der Waals surface area contributed by atoms with Crippen LogP contribution in [0.1, 0.15) is 30.2 Å². The second kappa shape index (κ2) is 11.2. The number of rotatable bonds is 7. The lowest BCUT2D eigenvalue weighted by atomic mass is 10.00. The minimum atomic E-state index is -4.77. The number of nitrogens with zero attached hydrogens (tertiary/aromatic N) is 4. The van der Waals surface area contributed by atoms with Crippen LogP contribution in [0.15, 0.2) is 59.3 Å². The Balaban J connectivity index is 1.31. The molecule has 0 saturated carbocycles. The van der Waals surface area contributed by atoms with E-state index in [9.17, 15) is 23.1 Å². The third-order valence-electron chi connectivity index (χ3n) is 6.33. The van der Waals surface area contributed by atoms with E-state index in [4.69, 9.17) is 20.9 Å². The van der Waals surface area contributed by atoms with Gasteiger partial charge < -0.3 is 19.7 Å². The number of carbonyl (C=O) groups excluding carboxylic acids is 1. The van der Waals surface area contributed by atoms with Crippen LogP contribution in [-0.4, -0.2) is 50.7 Å². The van der Waals surface area contributed by atoms with Gasteiger partial charge >= 0.3 is 12.1 Å². The summed E-state index contributed by atoms with van der Waals surface area (Å²) in [6, 6.07) is 12.1. The standard InChI is InChI=1S/C26H23ClF3N5O4/c27-18-7-9-19(10-8-18)35-22(26(28,29)30)20(13-32-35)24-33-23(34-39-24)16-5-3-15(4-6-16)21(36)14-38-25(37)17-2-1-11-31-12-17/h3-10,13,17,21,31,36H,1-2,11-12,14H2/t17?,21-/m1/s1. The Kier molecular flexibility index (Phi) is 7.69. The van der Waals surface area contributed by atoms with E-state index < -0.39 is 18.0 Å². The zero-order valence-electron chi connectivity index (χ0n) is 20.4. The molecule has 0 radical (unpaired) electrons. The number of ether oxygens (including phenoxy) is 1. The number of aliphatic hydroxyl groups excluding tert-OH is 1. The molecule has 4 aromatic rings. The SMILES string of the molecule is O=C(OC[C@@H](O)c1ccc(-c2noc(-c3cnn(-c4ccc(Cl)cc4)c3C(F)(F)F)n2)cc1)C1CCCNC1. The summed E-state index contributed by atoms with van der Waals surface area (Å²) in [4.78, 5) is 16.3. The molecule has 1 aliphatic rings. The fourth-order valence-corrected chi connectivity index (χ4v) is 4.41. The first kappa shape index (κ1) is 26.9. The van der Waals surface area contributed by atoms with Crippen molar-refractivity contribution in [2.45, 2.75) is 25.1 Å². The van der Waals surface area contributed by atoms with Crippen molar-refractivity contribution < 1.29 is 32.3 Å². The normalized spacial score (nSPS) is 16.7. The minimum Gasteiger partial charge on any atom is -0.462 e. The maximum absolute atomic E-state index is 14.0. The van der Waals surface area contributed by atoms with Crippen LogP contribution >= 0.6 is 11.6 Å². The minimum absolute atomic E-state index is 0.0506. The first-order valence-corrected chi connectivity index (χ1v) is 12.5.